The molecule has 0 bridgehead atoms. The molecule has 0 unspecified atom stereocenters. The van der Waals surface area contributed by atoms with Crippen molar-refractivity contribution >= 4 is 79.9 Å². The number of rotatable bonds is 14. The highest BCUT2D eigenvalue weighted by Gasteiger charge is 2.22. The maximum Gasteiger partial charge on any atom is 0.295 e. The van der Waals surface area contributed by atoms with Gasteiger partial charge < -0.3 is 5.32 Å². The Hall–Kier alpha value is -5.99. The molecular formula is C34H28N8O12S4. The van der Waals surface area contributed by atoms with Crippen molar-refractivity contribution in [1.29, 1.82) is 0 Å². The first-order chi connectivity index (χ1) is 27.2. The van der Waals surface area contributed by atoms with Gasteiger partial charge in [-0.05, 0) is 65.7 Å². The predicted molar refractivity (Wildman–Crippen MR) is 207 cm³/mol. The molecule has 0 radical (unpaired) electrons. The van der Waals surface area contributed by atoms with E-state index in [1.165, 1.54) is 42.5 Å². The highest BCUT2D eigenvalue weighted by Crippen LogP contribution is 2.34. The van der Waals surface area contributed by atoms with E-state index in [9.17, 15) is 51.9 Å². The van der Waals surface area contributed by atoms with Gasteiger partial charge in [0.25, 0.3) is 40.5 Å². The van der Waals surface area contributed by atoms with E-state index >= 15 is 0 Å². The highest BCUT2D eigenvalue weighted by molar-refractivity contribution is 7.86. The first kappa shape index (κ1) is 41.6. The monoisotopic (exact) mass is 868 g/mol. The summed E-state index contributed by atoms with van der Waals surface area (Å²) in [4.78, 5) is 11.0. The Kier molecular flexibility index (Phi) is 11.8. The molecule has 24 heteroatoms. The molecule has 0 spiro atoms. The molecule has 0 amide bonds. The molecule has 1 heterocycles. The molecule has 5 aromatic carbocycles. The quantitative estimate of drug-likeness (QED) is 0.0616. The van der Waals surface area contributed by atoms with Crippen molar-refractivity contribution in [2.45, 2.75) is 27.5 Å². The van der Waals surface area contributed by atoms with E-state index < -0.39 is 61.0 Å². The minimum absolute atomic E-state index is 0.00172. The standard InChI is InChI=1S/C34H28N8O12S4/c43-55(44,45)20-35-34-37-32(36-33(38-34)16-22-11-14-25(18-30(22)57(49,50)51)41-39-23-5-2-1-3-6-23)15-21-9-12-24(13-10-21)40-42-26-17-28-27(31(19-26)58(52,53)54)7-4-8-29(28)56(46,47)48/h1-14,17-19H,15-16,20H2,(H,43,44,45)(H,46,47,48)(H,49,50,51)(H,52,53,54)(H,35,36,37,38). The lowest BCUT2D eigenvalue weighted by Crippen LogP contribution is -2.17. The molecule has 0 saturated carbocycles. The van der Waals surface area contributed by atoms with E-state index in [1.54, 1.807) is 42.5 Å². The van der Waals surface area contributed by atoms with Crippen LogP contribution in [0, 0.1) is 0 Å². The second-order valence-electron chi connectivity index (χ2n) is 12.2. The van der Waals surface area contributed by atoms with Crippen molar-refractivity contribution in [3.63, 3.8) is 0 Å². The van der Waals surface area contributed by atoms with Gasteiger partial charge in [0.05, 0.1) is 27.6 Å². The van der Waals surface area contributed by atoms with E-state index in [-0.39, 0.29) is 63.8 Å². The van der Waals surface area contributed by atoms with E-state index in [4.69, 9.17) is 0 Å². The van der Waals surface area contributed by atoms with Gasteiger partial charge in [-0.15, -0.1) is 0 Å². The Morgan fingerprint density at radius 2 is 1.03 bits per heavy atom. The molecule has 0 saturated heterocycles. The molecule has 20 nitrogen and oxygen atoms in total. The maximum atomic E-state index is 12.4. The number of hydrogen-bond donors (Lipinski definition) is 5. The lowest BCUT2D eigenvalue weighted by Gasteiger charge is -2.11. The molecule has 300 valence electrons. The topological polar surface area (TPSA) is 318 Å². The molecule has 58 heavy (non-hydrogen) atoms. The van der Waals surface area contributed by atoms with E-state index in [2.05, 4.69) is 40.7 Å². The van der Waals surface area contributed by atoms with Crippen LogP contribution in [0.2, 0.25) is 0 Å². The summed E-state index contributed by atoms with van der Waals surface area (Å²) in [6, 6.07) is 24.4. The van der Waals surface area contributed by atoms with Gasteiger partial charge in [-0.1, -0.05) is 48.5 Å². The van der Waals surface area contributed by atoms with Crippen molar-refractivity contribution in [1.82, 2.24) is 15.0 Å². The number of fused-ring (bicyclic) bond motifs is 1. The molecular weight excluding hydrogens is 841 g/mol. The van der Waals surface area contributed by atoms with Crippen LogP contribution in [0.4, 0.5) is 28.7 Å². The Morgan fingerprint density at radius 1 is 0.483 bits per heavy atom. The summed E-state index contributed by atoms with van der Waals surface area (Å²) in [5.41, 5.74) is 1.29. The smallest absolute Gasteiger partial charge is 0.295 e. The van der Waals surface area contributed by atoms with Crippen LogP contribution in [0.25, 0.3) is 10.8 Å². The number of nitrogens with zero attached hydrogens (tertiary/aromatic N) is 7. The van der Waals surface area contributed by atoms with E-state index in [0.29, 0.717) is 11.3 Å². The summed E-state index contributed by atoms with van der Waals surface area (Å²) in [5.74, 6) is -1.22. The molecule has 6 aromatic rings. The second-order valence-corrected chi connectivity index (χ2v) is 17.8. The van der Waals surface area contributed by atoms with Crippen LogP contribution in [0.5, 0.6) is 0 Å². The van der Waals surface area contributed by atoms with Crippen molar-refractivity contribution in [3.8, 4) is 0 Å². The SMILES string of the molecule is O=S(=O)(O)CNc1nc(Cc2ccc(N=Nc3cc(S(=O)(=O)O)c4cccc(S(=O)(=O)O)c4c3)cc2)nc(Cc2ccc(N=Nc3ccccc3)cc2S(=O)(=O)O)n1. The molecule has 0 aliphatic carbocycles. The van der Waals surface area contributed by atoms with E-state index in [1.807, 2.05) is 0 Å². The summed E-state index contributed by atoms with van der Waals surface area (Å²) < 4.78 is 135. The molecule has 0 aliphatic heterocycles. The molecule has 1 aromatic heterocycles. The van der Waals surface area contributed by atoms with Crippen LogP contribution in [-0.4, -0.2) is 72.7 Å². The van der Waals surface area contributed by atoms with Crippen molar-refractivity contribution < 1.29 is 51.9 Å². The first-order valence-corrected chi connectivity index (χ1v) is 22.2. The van der Waals surface area contributed by atoms with Crippen LogP contribution in [0.1, 0.15) is 22.8 Å². The lowest BCUT2D eigenvalue weighted by molar-refractivity contribution is 0.480. The van der Waals surface area contributed by atoms with Gasteiger partial charge in [0.15, 0.2) is 0 Å². The molecule has 0 fully saturated rings. The number of azo groups is 2. The largest absolute Gasteiger partial charge is 0.338 e. The summed E-state index contributed by atoms with van der Waals surface area (Å²) in [6.07, 6.45) is -0.293. The van der Waals surface area contributed by atoms with Crippen LogP contribution >= 0.6 is 0 Å². The fourth-order valence-electron chi connectivity index (χ4n) is 5.42. The van der Waals surface area contributed by atoms with Gasteiger partial charge in [0.1, 0.15) is 27.3 Å². The maximum absolute atomic E-state index is 12.4. The number of benzene rings is 5. The highest BCUT2D eigenvalue weighted by atomic mass is 32.2. The van der Waals surface area contributed by atoms with Crippen molar-refractivity contribution in [2.75, 3.05) is 11.2 Å². The first-order valence-electron chi connectivity index (χ1n) is 16.2. The predicted octanol–water partition coefficient (Wildman–Crippen LogP) is 6.03. The third kappa shape index (κ3) is 10.9. The van der Waals surface area contributed by atoms with Crippen LogP contribution in [-0.2, 0) is 53.3 Å². The van der Waals surface area contributed by atoms with Crippen LogP contribution in [0.3, 0.4) is 0 Å². The second kappa shape index (κ2) is 16.5. The molecule has 0 aliphatic rings. The Bertz CT molecular complexity index is 3060. The summed E-state index contributed by atoms with van der Waals surface area (Å²) >= 11 is 0. The zero-order valence-electron chi connectivity index (χ0n) is 29.3. The minimum Gasteiger partial charge on any atom is -0.338 e. The molecule has 6 rings (SSSR count). The number of hydrogen-bond acceptors (Lipinski definition) is 16. The Balaban J connectivity index is 1.28. The van der Waals surface area contributed by atoms with Gasteiger partial charge in [0, 0.05) is 23.6 Å². The third-order valence-electron chi connectivity index (χ3n) is 7.89. The average Bonchev–Trinajstić information content (AvgIpc) is 3.15. The fourth-order valence-corrected chi connectivity index (χ4v) is 7.89. The van der Waals surface area contributed by atoms with Crippen LogP contribution < -0.4 is 5.32 Å². The number of aromatic nitrogens is 3. The van der Waals surface area contributed by atoms with Gasteiger partial charge in [-0.2, -0.15) is 64.1 Å². The van der Waals surface area contributed by atoms with Crippen molar-refractivity contribution in [3.05, 3.63) is 126 Å². The fraction of sp³-hybridized carbons (Fsp3) is 0.0882. The van der Waals surface area contributed by atoms with Gasteiger partial charge in [-0.3, -0.25) is 18.2 Å². The number of nitrogens with one attached hydrogen (secondary N) is 1. The lowest BCUT2D eigenvalue weighted by atomic mass is 10.1. The Morgan fingerprint density at radius 3 is 1.66 bits per heavy atom. The van der Waals surface area contributed by atoms with Crippen molar-refractivity contribution in [2.24, 2.45) is 20.5 Å². The average molecular weight is 869 g/mol. The van der Waals surface area contributed by atoms with E-state index in [0.717, 1.165) is 18.2 Å². The van der Waals surface area contributed by atoms with Gasteiger partial charge in [0.2, 0.25) is 5.95 Å². The molecule has 5 N–H and O–H groups in total. The van der Waals surface area contributed by atoms with Gasteiger partial charge >= 0.3 is 0 Å². The minimum atomic E-state index is -4.88. The number of anilines is 1. The normalized spacial score (nSPS) is 12.8. The molecule has 0 atom stereocenters. The summed E-state index contributed by atoms with van der Waals surface area (Å²) in [6.45, 7) is 0. The zero-order chi connectivity index (χ0) is 41.9. The summed E-state index contributed by atoms with van der Waals surface area (Å²) in [7, 11) is -19.0. The summed E-state index contributed by atoms with van der Waals surface area (Å²) in [5, 5.41) is 18.1. The third-order valence-corrected chi connectivity index (χ3v) is 11.1. The Labute approximate surface area is 330 Å². The zero-order valence-corrected chi connectivity index (χ0v) is 32.5. The van der Waals surface area contributed by atoms with Gasteiger partial charge in [-0.25, -0.2) is 4.98 Å². The van der Waals surface area contributed by atoms with Crippen LogP contribution in [0.15, 0.2) is 138 Å².